The number of hydrogen-bond acceptors (Lipinski definition) is 9. The molecule has 4 rings (SSSR count). The van der Waals surface area contributed by atoms with Crippen LogP contribution in [0.25, 0.3) is 17.0 Å². The molecular weight excluding hydrogens is 433 g/mol. The Bertz CT molecular complexity index is 1310. The fraction of sp³-hybridized carbons (Fsp3) is 0.167. The summed E-state index contributed by atoms with van der Waals surface area (Å²) in [6.45, 7) is 1.87. The van der Waals surface area contributed by atoms with Gasteiger partial charge in [-0.1, -0.05) is 6.07 Å². The third-order valence-electron chi connectivity index (χ3n) is 4.14. The first-order chi connectivity index (χ1) is 15.1. The lowest BCUT2D eigenvalue weighted by atomic mass is 10.0. The molecule has 14 heteroatoms. The second-order valence-electron chi connectivity index (χ2n) is 6.32. The Hall–Kier alpha value is -4.54. The van der Waals surface area contributed by atoms with Gasteiger partial charge in [-0.2, -0.15) is 23.5 Å². The number of pyridine rings is 2. The number of carboxylic acid groups (broad SMARTS) is 1. The maximum atomic E-state index is 10.6. The topological polar surface area (TPSA) is 170 Å². The van der Waals surface area contributed by atoms with Crippen molar-refractivity contribution in [1.29, 1.82) is 5.26 Å². The number of hydrogen-bond donors (Lipinski definition) is 2. The number of nitrogens with zero attached hydrogens (tertiary/aromatic N) is 7. The molecule has 0 amide bonds. The Balaban J connectivity index is 0.000000360. The van der Waals surface area contributed by atoms with Gasteiger partial charge in [-0.3, -0.25) is 0 Å². The molecule has 0 unspecified atom stereocenters. The lowest BCUT2D eigenvalue weighted by molar-refractivity contribution is -0.192. The fourth-order valence-corrected chi connectivity index (χ4v) is 2.58. The summed E-state index contributed by atoms with van der Waals surface area (Å²) in [7, 11) is 0. The molecule has 0 aliphatic heterocycles. The molecule has 0 saturated heterocycles. The number of nitrogen functional groups attached to an aromatic ring is 1. The lowest BCUT2D eigenvalue weighted by Crippen LogP contribution is -2.21. The molecule has 3 N–H and O–H groups in total. The normalized spacial score (nSPS) is 11.0. The summed E-state index contributed by atoms with van der Waals surface area (Å²) >= 11 is 0. The van der Waals surface area contributed by atoms with E-state index in [1.807, 2.05) is 25.1 Å². The minimum atomic E-state index is -5.08. The molecule has 4 aromatic heterocycles. The standard InChI is InChI=1S/C16H12N8O.C2HF3O2/c1-9-12(14(18)15-16(21-9)23-25-22-15)4-10-2-3-13(19-6-10)24-8-11(5-17)7-20-24;3-2(4,5)1(6)7/h2-3,6-8H,4,18H2,1H3;(H,6,7). The summed E-state index contributed by atoms with van der Waals surface area (Å²) in [4.78, 5) is 17.6. The number of carbonyl (C=O) groups is 1. The van der Waals surface area contributed by atoms with Gasteiger partial charge in [0.15, 0.2) is 11.3 Å². The smallest absolute Gasteiger partial charge is 0.475 e. The van der Waals surface area contributed by atoms with Crippen LogP contribution in [0.5, 0.6) is 0 Å². The highest BCUT2D eigenvalue weighted by Crippen LogP contribution is 2.25. The van der Waals surface area contributed by atoms with Crippen molar-refractivity contribution in [3.05, 3.63) is 53.1 Å². The molecule has 4 heterocycles. The number of nitrogens with two attached hydrogens (primary N) is 1. The molecule has 0 atom stereocenters. The largest absolute Gasteiger partial charge is 0.490 e. The van der Waals surface area contributed by atoms with E-state index in [1.165, 1.54) is 6.20 Å². The van der Waals surface area contributed by atoms with Crippen molar-refractivity contribution < 1.29 is 27.7 Å². The Morgan fingerprint density at radius 2 is 2.03 bits per heavy atom. The van der Waals surface area contributed by atoms with Gasteiger partial charge in [-0.25, -0.2) is 24.1 Å². The summed E-state index contributed by atoms with van der Waals surface area (Å²) in [5.41, 5.74) is 10.6. The minimum Gasteiger partial charge on any atom is -0.475 e. The quantitative estimate of drug-likeness (QED) is 0.475. The zero-order chi connectivity index (χ0) is 23.5. The molecule has 32 heavy (non-hydrogen) atoms. The highest BCUT2D eigenvalue weighted by molar-refractivity contribution is 5.85. The molecule has 0 aliphatic carbocycles. The monoisotopic (exact) mass is 446 g/mol. The lowest BCUT2D eigenvalue weighted by Gasteiger charge is -2.09. The van der Waals surface area contributed by atoms with Gasteiger partial charge in [0.05, 0.1) is 23.6 Å². The van der Waals surface area contributed by atoms with Crippen LogP contribution in [0, 0.1) is 18.3 Å². The summed E-state index contributed by atoms with van der Waals surface area (Å²) < 4.78 is 38.0. The number of anilines is 1. The van der Waals surface area contributed by atoms with Crippen LogP contribution in [0.2, 0.25) is 0 Å². The number of aryl methyl sites for hydroxylation is 1. The first kappa shape index (κ1) is 22.2. The summed E-state index contributed by atoms with van der Waals surface area (Å²) in [6.07, 6.45) is 0.336. The van der Waals surface area contributed by atoms with E-state index < -0.39 is 12.1 Å². The van der Waals surface area contributed by atoms with E-state index in [-0.39, 0.29) is 0 Å². The third-order valence-corrected chi connectivity index (χ3v) is 4.14. The number of halogens is 3. The van der Waals surface area contributed by atoms with Crippen LogP contribution in [-0.2, 0) is 11.2 Å². The van der Waals surface area contributed by atoms with Gasteiger partial charge in [-0.15, -0.1) is 0 Å². The van der Waals surface area contributed by atoms with E-state index >= 15 is 0 Å². The van der Waals surface area contributed by atoms with E-state index in [0.717, 1.165) is 16.8 Å². The number of rotatable bonds is 3. The predicted molar refractivity (Wildman–Crippen MR) is 101 cm³/mol. The highest BCUT2D eigenvalue weighted by atomic mass is 19.4. The maximum absolute atomic E-state index is 10.6. The number of alkyl halides is 3. The molecule has 0 saturated carbocycles. The number of aromatic nitrogens is 6. The molecule has 4 aromatic rings. The van der Waals surface area contributed by atoms with Gasteiger partial charge in [0.25, 0.3) is 0 Å². The molecule has 0 radical (unpaired) electrons. The zero-order valence-corrected chi connectivity index (χ0v) is 16.2. The molecule has 164 valence electrons. The predicted octanol–water partition coefficient (Wildman–Crippen LogP) is 2.18. The first-order valence-corrected chi connectivity index (χ1v) is 8.67. The van der Waals surface area contributed by atoms with Gasteiger partial charge in [0.2, 0.25) is 5.65 Å². The number of carboxylic acids is 1. The van der Waals surface area contributed by atoms with Crippen LogP contribution in [0.4, 0.5) is 18.9 Å². The van der Waals surface area contributed by atoms with Crippen LogP contribution < -0.4 is 5.73 Å². The van der Waals surface area contributed by atoms with Gasteiger partial charge < -0.3 is 10.8 Å². The SMILES string of the molecule is Cc1nc2nonc2c(N)c1Cc1ccc(-n2cc(C#N)cn2)nc1.O=C(O)C(F)(F)F. The van der Waals surface area contributed by atoms with Crippen LogP contribution in [0.15, 0.2) is 35.4 Å². The van der Waals surface area contributed by atoms with Crippen LogP contribution in [0.1, 0.15) is 22.4 Å². The fourth-order valence-electron chi connectivity index (χ4n) is 2.58. The van der Waals surface area contributed by atoms with E-state index in [9.17, 15) is 13.2 Å². The van der Waals surface area contributed by atoms with Gasteiger partial charge in [0, 0.05) is 23.9 Å². The average molecular weight is 446 g/mol. The molecule has 0 aliphatic rings. The first-order valence-electron chi connectivity index (χ1n) is 8.67. The summed E-state index contributed by atoms with van der Waals surface area (Å²) in [6, 6.07) is 5.80. The third kappa shape index (κ3) is 4.78. The van der Waals surface area contributed by atoms with E-state index in [2.05, 4.69) is 25.4 Å². The van der Waals surface area contributed by atoms with E-state index in [4.69, 9.17) is 25.5 Å². The van der Waals surface area contributed by atoms with Gasteiger partial charge in [-0.05, 0) is 28.9 Å². The molecule has 0 aromatic carbocycles. The van der Waals surface area contributed by atoms with Crippen molar-refractivity contribution in [2.75, 3.05) is 5.73 Å². The molecule has 0 bridgehead atoms. The summed E-state index contributed by atoms with van der Waals surface area (Å²) in [5.74, 6) is -2.13. The van der Waals surface area contributed by atoms with Crippen LogP contribution in [-0.4, -0.2) is 47.3 Å². The molecule has 0 spiro atoms. The second-order valence-corrected chi connectivity index (χ2v) is 6.32. The van der Waals surface area contributed by atoms with Crippen LogP contribution in [0.3, 0.4) is 0 Å². The Kier molecular flexibility index (Phi) is 6.01. The van der Waals surface area contributed by atoms with Crippen molar-refractivity contribution >= 4 is 22.8 Å². The number of aliphatic carboxylic acids is 1. The summed E-state index contributed by atoms with van der Waals surface area (Å²) in [5, 5.41) is 27.6. The second kappa shape index (κ2) is 8.68. The number of fused-ring (bicyclic) bond motifs is 1. The highest BCUT2D eigenvalue weighted by Gasteiger charge is 2.38. The van der Waals surface area contributed by atoms with Crippen molar-refractivity contribution in [1.82, 2.24) is 30.1 Å². The van der Waals surface area contributed by atoms with E-state index in [1.54, 1.807) is 17.1 Å². The Labute approximate surface area is 176 Å². The van der Waals surface area contributed by atoms with Gasteiger partial charge >= 0.3 is 12.1 Å². The molecule has 0 fully saturated rings. The van der Waals surface area contributed by atoms with Crippen LogP contribution >= 0.6 is 0 Å². The Morgan fingerprint density at radius 3 is 2.59 bits per heavy atom. The molecule has 11 nitrogen and oxygen atoms in total. The average Bonchev–Trinajstić information content (AvgIpc) is 3.41. The molecular formula is C18H13F3N8O3. The Morgan fingerprint density at radius 1 is 1.31 bits per heavy atom. The van der Waals surface area contributed by atoms with Crippen molar-refractivity contribution in [3.63, 3.8) is 0 Å². The van der Waals surface area contributed by atoms with Crippen molar-refractivity contribution in [3.8, 4) is 11.9 Å². The maximum Gasteiger partial charge on any atom is 0.490 e. The van der Waals surface area contributed by atoms with Gasteiger partial charge in [0.1, 0.15) is 6.07 Å². The zero-order valence-electron chi connectivity index (χ0n) is 16.2. The minimum absolute atomic E-state index is 0.402. The van der Waals surface area contributed by atoms with Crippen molar-refractivity contribution in [2.45, 2.75) is 19.5 Å². The number of nitriles is 1. The van der Waals surface area contributed by atoms with Crippen molar-refractivity contribution in [2.24, 2.45) is 0 Å². The van der Waals surface area contributed by atoms with E-state index in [0.29, 0.717) is 34.7 Å².